The van der Waals surface area contributed by atoms with Crippen LogP contribution >= 0.6 is 11.6 Å². The summed E-state index contributed by atoms with van der Waals surface area (Å²) in [5.74, 6) is -0.216. The first kappa shape index (κ1) is 19.3. The van der Waals surface area contributed by atoms with Crippen LogP contribution in [0.3, 0.4) is 0 Å². The lowest BCUT2D eigenvalue weighted by Crippen LogP contribution is -2.41. The Kier molecular flexibility index (Phi) is 4.92. The molecule has 0 fully saturated rings. The molecule has 0 spiro atoms. The summed E-state index contributed by atoms with van der Waals surface area (Å²) < 4.78 is 1.59. The monoisotopic (exact) mass is 429 g/mol. The van der Waals surface area contributed by atoms with Crippen molar-refractivity contribution in [1.29, 1.82) is 0 Å². The van der Waals surface area contributed by atoms with Crippen LogP contribution in [0.15, 0.2) is 78.9 Å². The fraction of sp³-hybridized carbons (Fsp3) is 0.125. The van der Waals surface area contributed by atoms with E-state index >= 15 is 0 Å². The van der Waals surface area contributed by atoms with Crippen LogP contribution in [-0.4, -0.2) is 26.5 Å². The predicted octanol–water partition coefficient (Wildman–Crippen LogP) is 4.56. The van der Waals surface area contributed by atoms with E-state index in [9.17, 15) is 4.79 Å². The summed E-state index contributed by atoms with van der Waals surface area (Å²) in [5.41, 5.74) is 5.13. The molecule has 2 aromatic heterocycles. The van der Waals surface area contributed by atoms with Crippen molar-refractivity contribution in [2.75, 3.05) is 4.90 Å². The standard InChI is InChI=1S/C24H20ClN5O/c1-16(28-24(31)19-14-27-30-12-6-11-26-23(19)30)22-13-17-7-5-10-21(25)20(17)15-29(22)18-8-3-2-4-9-18/h2-14,16H,15H2,1H3,(H,28,31). The first-order valence-corrected chi connectivity index (χ1v) is 10.4. The lowest BCUT2D eigenvalue weighted by Gasteiger charge is -2.35. The zero-order valence-corrected chi connectivity index (χ0v) is 17.6. The average Bonchev–Trinajstić information content (AvgIpc) is 3.23. The summed E-state index contributed by atoms with van der Waals surface area (Å²) in [6, 6.07) is 17.5. The topological polar surface area (TPSA) is 62.5 Å². The fourth-order valence-electron chi connectivity index (χ4n) is 3.91. The molecule has 0 aliphatic carbocycles. The molecule has 0 bridgehead atoms. The number of hydrogen-bond acceptors (Lipinski definition) is 4. The molecule has 7 heteroatoms. The summed E-state index contributed by atoms with van der Waals surface area (Å²) in [4.78, 5) is 19.5. The summed E-state index contributed by atoms with van der Waals surface area (Å²) in [6.07, 6.45) is 7.06. The Hall–Kier alpha value is -3.64. The first-order valence-electron chi connectivity index (χ1n) is 10.0. The highest BCUT2D eigenvalue weighted by Gasteiger charge is 2.26. The van der Waals surface area contributed by atoms with Gasteiger partial charge < -0.3 is 10.2 Å². The number of carbonyl (C=O) groups is 1. The van der Waals surface area contributed by atoms with Gasteiger partial charge in [-0.05, 0) is 48.4 Å². The van der Waals surface area contributed by atoms with Gasteiger partial charge in [-0.25, -0.2) is 9.50 Å². The molecule has 0 radical (unpaired) electrons. The lowest BCUT2D eigenvalue weighted by molar-refractivity contribution is 0.0946. The molecule has 1 aliphatic heterocycles. The minimum Gasteiger partial charge on any atom is -0.344 e. The normalized spacial score (nSPS) is 14.1. The van der Waals surface area contributed by atoms with Gasteiger partial charge in [0.05, 0.1) is 12.2 Å². The third-order valence-electron chi connectivity index (χ3n) is 5.47. The number of nitrogens with zero attached hydrogens (tertiary/aromatic N) is 4. The van der Waals surface area contributed by atoms with Crippen LogP contribution < -0.4 is 10.2 Å². The van der Waals surface area contributed by atoms with Crippen LogP contribution in [0.2, 0.25) is 5.02 Å². The molecule has 1 atom stereocenters. The molecular formula is C24H20ClN5O. The summed E-state index contributed by atoms with van der Waals surface area (Å²) in [5, 5.41) is 8.07. The number of aromatic nitrogens is 3. The second kappa shape index (κ2) is 7.89. The van der Waals surface area contributed by atoms with Crippen LogP contribution in [0.25, 0.3) is 11.7 Å². The third-order valence-corrected chi connectivity index (χ3v) is 5.82. The number of amides is 1. The van der Waals surface area contributed by atoms with Gasteiger partial charge in [0.1, 0.15) is 5.56 Å². The maximum absolute atomic E-state index is 13.0. The number of para-hydroxylation sites is 1. The van der Waals surface area contributed by atoms with E-state index in [1.54, 1.807) is 29.2 Å². The first-order chi connectivity index (χ1) is 15.1. The Morgan fingerprint density at radius 2 is 1.97 bits per heavy atom. The van der Waals surface area contributed by atoms with Gasteiger partial charge in [-0.2, -0.15) is 5.10 Å². The van der Waals surface area contributed by atoms with Gasteiger partial charge in [0.15, 0.2) is 5.65 Å². The molecule has 1 N–H and O–H groups in total. The van der Waals surface area contributed by atoms with E-state index in [4.69, 9.17) is 11.6 Å². The van der Waals surface area contributed by atoms with Crippen LogP contribution in [0.1, 0.15) is 28.4 Å². The minimum absolute atomic E-state index is 0.216. The molecule has 5 rings (SSSR count). The van der Waals surface area contributed by atoms with Crippen LogP contribution in [0.5, 0.6) is 0 Å². The lowest BCUT2D eigenvalue weighted by atomic mass is 9.98. The smallest absolute Gasteiger partial charge is 0.257 e. The maximum atomic E-state index is 13.0. The molecule has 154 valence electrons. The highest BCUT2D eigenvalue weighted by molar-refractivity contribution is 6.31. The molecule has 0 saturated carbocycles. The van der Waals surface area contributed by atoms with Gasteiger partial charge in [0.25, 0.3) is 5.91 Å². The van der Waals surface area contributed by atoms with Crippen LogP contribution in [0, 0.1) is 0 Å². The number of hydrogen-bond donors (Lipinski definition) is 1. The predicted molar refractivity (Wildman–Crippen MR) is 122 cm³/mol. The van der Waals surface area contributed by atoms with Gasteiger partial charge in [0, 0.05) is 35.3 Å². The zero-order valence-electron chi connectivity index (χ0n) is 16.9. The van der Waals surface area contributed by atoms with Gasteiger partial charge >= 0.3 is 0 Å². The number of halogens is 1. The summed E-state index contributed by atoms with van der Waals surface area (Å²) >= 11 is 6.49. The van der Waals surface area contributed by atoms with E-state index in [0.717, 1.165) is 27.5 Å². The van der Waals surface area contributed by atoms with Crippen molar-refractivity contribution in [2.24, 2.45) is 0 Å². The van der Waals surface area contributed by atoms with Crippen molar-refractivity contribution in [3.63, 3.8) is 0 Å². The molecule has 6 nitrogen and oxygen atoms in total. The SMILES string of the molecule is CC(NC(=O)c1cnn2cccnc12)C1=Cc2cccc(Cl)c2CN1c1ccccc1. The number of rotatable bonds is 4. The Bertz CT molecular complexity index is 1300. The van der Waals surface area contributed by atoms with Crippen molar-refractivity contribution in [1.82, 2.24) is 19.9 Å². The van der Waals surface area contributed by atoms with Crippen molar-refractivity contribution in [3.05, 3.63) is 101 Å². The fourth-order valence-corrected chi connectivity index (χ4v) is 4.15. The van der Waals surface area contributed by atoms with E-state index in [0.29, 0.717) is 17.8 Å². The van der Waals surface area contributed by atoms with E-state index < -0.39 is 0 Å². The largest absolute Gasteiger partial charge is 0.344 e. The highest BCUT2D eigenvalue weighted by Crippen LogP contribution is 2.34. The maximum Gasteiger partial charge on any atom is 0.257 e. The van der Waals surface area contributed by atoms with Crippen molar-refractivity contribution in [3.8, 4) is 0 Å². The minimum atomic E-state index is -0.251. The molecule has 4 aromatic rings. The molecular weight excluding hydrogens is 410 g/mol. The number of carbonyl (C=O) groups excluding carboxylic acids is 1. The molecule has 2 aromatic carbocycles. The van der Waals surface area contributed by atoms with Crippen molar-refractivity contribution in [2.45, 2.75) is 19.5 Å². The van der Waals surface area contributed by atoms with Crippen molar-refractivity contribution >= 4 is 34.9 Å². The van der Waals surface area contributed by atoms with E-state index in [2.05, 4.69) is 38.5 Å². The van der Waals surface area contributed by atoms with E-state index in [1.165, 1.54) is 0 Å². The second-order valence-corrected chi connectivity index (χ2v) is 7.85. The van der Waals surface area contributed by atoms with Crippen LogP contribution in [0.4, 0.5) is 5.69 Å². The number of benzene rings is 2. The number of nitrogens with one attached hydrogen (secondary N) is 1. The number of fused-ring (bicyclic) bond motifs is 2. The van der Waals surface area contributed by atoms with Gasteiger partial charge in [0.2, 0.25) is 0 Å². The van der Waals surface area contributed by atoms with Crippen molar-refractivity contribution < 1.29 is 4.79 Å². The quantitative estimate of drug-likeness (QED) is 0.516. The van der Waals surface area contributed by atoms with E-state index in [1.807, 2.05) is 43.3 Å². The molecule has 1 aliphatic rings. The summed E-state index contributed by atoms with van der Waals surface area (Å²) in [6.45, 7) is 2.61. The number of anilines is 1. The van der Waals surface area contributed by atoms with Gasteiger partial charge in [-0.1, -0.05) is 41.9 Å². The Balaban J connectivity index is 1.50. The van der Waals surface area contributed by atoms with Gasteiger partial charge in [-0.15, -0.1) is 0 Å². The molecule has 0 saturated heterocycles. The molecule has 1 amide bonds. The molecule has 31 heavy (non-hydrogen) atoms. The Morgan fingerprint density at radius 3 is 2.81 bits per heavy atom. The molecule has 3 heterocycles. The average molecular weight is 430 g/mol. The zero-order chi connectivity index (χ0) is 21.4. The van der Waals surface area contributed by atoms with Crippen LogP contribution in [-0.2, 0) is 6.54 Å². The highest BCUT2D eigenvalue weighted by atomic mass is 35.5. The third kappa shape index (κ3) is 3.55. The van der Waals surface area contributed by atoms with E-state index in [-0.39, 0.29) is 11.9 Å². The second-order valence-electron chi connectivity index (χ2n) is 7.44. The Labute approximate surface area is 184 Å². The Morgan fingerprint density at radius 1 is 1.13 bits per heavy atom. The van der Waals surface area contributed by atoms with Gasteiger partial charge in [-0.3, -0.25) is 4.79 Å². The summed E-state index contributed by atoms with van der Waals surface area (Å²) in [7, 11) is 0. The molecule has 1 unspecified atom stereocenters.